The summed E-state index contributed by atoms with van der Waals surface area (Å²) >= 11 is 2.70. The highest BCUT2D eigenvalue weighted by molar-refractivity contribution is 7.98. The van der Waals surface area contributed by atoms with Gasteiger partial charge in [0.2, 0.25) is 23.3 Å². The van der Waals surface area contributed by atoms with Gasteiger partial charge in [-0.25, -0.2) is 0 Å². The average Bonchev–Trinajstić information content (AvgIpc) is 3.70. The van der Waals surface area contributed by atoms with Gasteiger partial charge in [0.05, 0.1) is 76.6 Å². The summed E-state index contributed by atoms with van der Waals surface area (Å²) in [5.41, 5.74) is 18.8. The van der Waals surface area contributed by atoms with Crippen LogP contribution >= 0.6 is 23.5 Å². The summed E-state index contributed by atoms with van der Waals surface area (Å²) in [7, 11) is 9.33. The number of carbonyl (C=O) groups is 2. The number of carbonyl (C=O) groups excluding carboxylic acids is 2. The van der Waals surface area contributed by atoms with Crippen molar-refractivity contribution in [3.63, 3.8) is 0 Å². The van der Waals surface area contributed by atoms with Gasteiger partial charge >= 0.3 is 0 Å². The van der Waals surface area contributed by atoms with Gasteiger partial charge in [0.25, 0.3) is 0 Å². The van der Waals surface area contributed by atoms with Crippen molar-refractivity contribution in [2.24, 2.45) is 11.5 Å². The van der Waals surface area contributed by atoms with E-state index >= 15 is 0 Å². The molecule has 6 rings (SSSR count). The van der Waals surface area contributed by atoms with E-state index in [1.165, 1.54) is 23.5 Å². The molecule has 4 atom stereocenters. The minimum Gasteiger partial charge on any atom is -0.493 e. The van der Waals surface area contributed by atoms with E-state index in [1.54, 1.807) is 66.9 Å². The molecule has 0 unspecified atom stereocenters. The average molecular weight is 915 g/mol. The van der Waals surface area contributed by atoms with Crippen molar-refractivity contribution in [1.29, 1.82) is 0 Å². The second kappa shape index (κ2) is 21.5. The number of methoxy groups -OCH3 is 6. The number of aryl methyl sites for hydroxylation is 2. The van der Waals surface area contributed by atoms with Crippen LogP contribution in [0.25, 0.3) is 22.3 Å². The summed E-state index contributed by atoms with van der Waals surface area (Å²) in [6.07, 6.45) is 7.51. The van der Waals surface area contributed by atoms with Crippen LogP contribution in [0.4, 0.5) is 0 Å². The molecule has 2 amide bonds. The van der Waals surface area contributed by atoms with Gasteiger partial charge in [-0.3, -0.25) is 19.2 Å². The van der Waals surface area contributed by atoms with Crippen LogP contribution in [0.2, 0.25) is 0 Å². The van der Waals surface area contributed by atoms with Crippen molar-refractivity contribution < 1.29 is 38.0 Å². The van der Waals surface area contributed by atoms with Crippen LogP contribution < -0.4 is 61.4 Å². The fourth-order valence-corrected chi connectivity index (χ4v) is 9.71. The molecule has 4 aromatic rings. The molecule has 2 aliphatic rings. The molecule has 14 nitrogen and oxygen atoms in total. The van der Waals surface area contributed by atoms with E-state index in [0.717, 1.165) is 33.4 Å². The molecule has 0 radical (unpaired) electrons. The van der Waals surface area contributed by atoms with Crippen molar-refractivity contribution >= 4 is 35.3 Å². The molecule has 2 aliphatic carbocycles. The predicted molar refractivity (Wildman–Crippen MR) is 252 cm³/mol. The number of thioether (sulfide) groups is 2. The van der Waals surface area contributed by atoms with Gasteiger partial charge in [0.15, 0.2) is 33.9 Å². The lowest BCUT2D eigenvalue weighted by molar-refractivity contribution is -0.124. The second-order valence-corrected chi connectivity index (χ2v) is 17.3. The van der Waals surface area contributed by atoms with Crippen molar-refractivity contribution in [3.8, 4) is 56.8 Å². The summed E-state index contributed by atoms with van der Waals surface area (Å²) in [6.45, 7) is 0. The first kappa shape index (κ1) is 48.0. The standard InChI is InChI=1S/C48H58N4O10S2/c1-57-37-21-25-13-17-33(29-23-35(53)39(63-7)19-15-27(29)41(25)45(61-5)43(37)59-3)51-47(55)31(49)11-9-10-12-32(50)48(56)52-34-18-14-26-22-38(58-2)44(60-4)46(62-6)42(26)28-16-20-40(64-8)36(54)24-30(28)34/h15-16,19-24,31-34H,9-14,17-18,49-50H2,1-8H3,(H,51,55)(H,52,56)/t31-,32-,33-,34-/m0/s1. The van der Waals surface area contributed by atoms with Crippen LogP contribution in [0.15, 0.2) is 67.9 Å². The fourth-order valence-electron chi connectivity index (χ4n) is 8.78. The minimum absolute atomic E-state index is 0.163. The topological polar surface area (TPSA) is 200 Å². The largest absolute Gasteiger partial charge is 0.493 e. The number of fused-ring (bicyclic) bond motifs is 6. The molecule has 0 heterocycles. The fraction of sp³-hybridized carbons (Fsp3) is 0.417. The zero-order valence-corrected chi connectivity index (χ0v) is 39.3. The Bertz CT molecular complexity index is 2350. The van der Waals surface area contributed by atoms with Crippen LogP contribution in [0.3, 0.4) is 0 Å². The van der Waals surface area contributed by atoms with Gasteiger partial charge in [-0.05, 0) is 121 Å². The first-order valence-electron chi connectivity index (χ1n) is 21.1. The summed E-state index contributed by atoms with van der Waals surface area (Å²) in [6, 6.07) is 11.6. The van der Waals surface area contributed by atoms with Crippen LogP contribution in [0.1, 0.15) is 72.9 Å². The molecule has 342 valence electrons. The van der Waals surface area contributed by atoms with Gasteiger partial charge in [-0.2, -0.15) is 0 Å². The predicted octanol–water partition coefficient (Wildman–Crippen LogP) is 6.36. The first-order chi connectivity index (χ1) is 30.9. The van der Waals surface area contributed by atoms with Crippen molar-refractivity contribution in [3.05, 3.63) is 91.2 Å². The van der Waals surface area contributed by atoms with Crippen molar-refractivity contribution in [2.45, 2.75) is 85.3 Å². The monoisotopic (exact) mass is 914 g/mol. The number of nitrogens with two attached hydrogens (primary N) is 2. The van der Waals surface area contributed by atoms with Crippen LogP contribution in [0.5, 0.6) is 34.5 Å². The molecule has 6 N–H and O–H groups in total. The molecule has 0 saturated carbocycles. The molecule has 64 heavy (non-hydrogen) atoms. The van der Waals surface area contributed by atoms with E-state index in [4.69, 9.17) is 39.9 Å². The molecule has 0 fully saturated rings. The lowest BCUT2D eigenvalue weighted by Gasteiger charge is -2.22. The number of unbranched alkanes of at least 4 members (excludes halogenated alkanes) is 1. The third-order valence-electron chi connectivity index (χ3n) is 12.0. The molecular weight excluding hydrogens is 857 g/mol. The Morgan fingerprint density at radius 2 is 0.969 bits per heavy atom. The van der Waals surface area contributed by atoms with Crippen LogP contribution in [-0.4, -0.2) is 79.1 Å². The van der Waals surface area contributed by atoms with E-state index in [2.05, 4.69) is 10.6 Å². The SMILES string of the molecule is COc1cc2c(c(OC)c1OC)-c1ccc(SC)c(=O)cc1[C@@H](NC(=O)[C@@H](N)CCCC[C@H](N)C(=O)N[C@H]1CCc3cc(OC)c(OC)c(OC)c3-c3ccc(SC)c(=O)cc31)CC2. The maximum Gasteiger partial charge on any atom is 0.237 e. The summed E-state index contributed by atoms with van der Waals surface area (Å²) in [4.78, 5) is 55.5. The number of amides is 2. The Kier molecular flexibility index (Phi) is 16.1. The lowest BCUT2D eigenvalue weighted by atomic mass is 9.95. The highest BCUT2D eigenvalue weighted by atomic mass is 32.2. The lowest BCUT2D eigenvalue weighted by Crippen LogP contribution is -2.43. The molecule has 0 aromatic heterocycles. The molecule has 16 heteroatoms. The smallest absolute Gasteiger partial charge is 0.237 e. The second-order valence-electron chi connectivity index (χ2n) is 15.6. The van der Waals surface area contributed by atoms with E-state index < -0.39 is 24.2 Å². The summed E-state index contributed by atoms with van der Waals surface area (Å²) in [5, 5.41) is 6.28. The Balaban J connectivity index is 1.14. The third kappa shape index (κ3) is 9.80. The van der Waals surface area contributed by atoms with Gasteiger partial charge in [-0.1, -0.05) is 25.0 Å². The van der Waals surface area contributed by atoms with Crippen molar-refractivity contribution in [1.82, 2.24) is 10.6 Å². The Labute approximate surface area is 382 Å². The van der Waals surface area contributed by atoms with Crippen LogP contribution in [0, 0.1) is 0 Å². The normalized spacial score (nSPS) is 15.9. The Hall–Kier alpha value is -5.42. The highest BCUT2D eigenvalue weighted by Gasteiger charge is 2.33. The molecule has 0 saturated heterocycles. The molecule has 4 aromatic carbocycles. The quantitative estimate of drug-likeness (QED) is 0.0674. The third-order valence-corrected chi connectivity index (χ3v) is 13.6. The summed E-state index contributed by atoms with van der Waals surface area (Å²) in [5.74, 6) is 2.11. The van der Waals surface area contributed by atoms with E-state index in [0.29, 0.717) is 107 Å². The molecule has 0 bridgehead atoms. The molecule has 0 spiro atoms. The van der Waals surface area contributed by atoms with Crippen molar-refractivity contribution in [2.75, 3.05) is 55.2 Å². The number of ether oxygens (including phenoxy) is 6. The highest BCUT2D eigenvalue weighted by Crippen LogP contribution is 2.52. The Morgan fingerprint density at radius 1 is 0.594 bits per heavy atom. The number of nitrogens with one attached hydrogen (secondary N) is 2. The zero-order chi connectivity index (χ0) is 46.2. The number of benzene rings is 2. The van der Waals surface area contributed by atoms with Gasteiger partial charge in [0, 0.05) is 11.1 Å². The summed E-state index contributed by atoms with van der Waals surface area (Å²) < 4.78 is 34.5. The zero-order valence-electron chi connectivity index (χ0n) is 37.6. The number of rotatable bonds is 17. The minimum atomic E-state index is -0.855. The van der Waals surface area contributed by atoms with Gasteiger partial charge in [0.1, 0.15) is 0 Å². The number of hydrogen-bond donors (Lipinski definition) is 4. The van der Waals surface area contributed by atoms with E-state index in [9.17, 15) is 19.2 Å². The van der Waals surface area contributed by atoms with Crippen LogP contribution in [-0.2, 0) is 22.4 Å². The Morgan fingerprint density at radius 3 is 1.30 bits per heavy atom. The molecule has 0 aliphatic heterocycles. The van der Waals surface area contributed by atoms with Gasteiger partial charge in [-0.15, -0.1) is 23.5 Å². The van der Waals surface area contributed by atoms with Gasteiger partial charge < -0.3 is 50.5 Å². The van der Waals surface area contributed by atoms with E-state index in [1.807, 2.05) is 36.8 Å². The maximum atomic E-state index is 13.8. The van der Waals surface area contributed by atoms with E-state index in [-0.39, 0.29) is 22.7 Å². The maximum absolute atomic E-state index is 13.8. The molecular formula is C48H58N4O10S2. The number of hydrogen-bond acceptors (Lipinski definition) is 14. The first-order valence-corrected chi connectivity index (χ1v) is 23.5.